The maximum Gasteiger partial charge on any atom is 0.259 e. The van der Waals surface area contributed by atoms with Crippen LogP contribution < -0.4 is 9.64 Å². The zero-order valence-electron chi connectivity index (χ0n) is 17.1. The molecular formula is C23H22F2N4O2. The van der Waals surface area contributed by atoms with Gasteiger partial charge in [0, 0.05) is 37.9 Å². The molecule has 0 spiro atoms. The van der Waals surface area contributed by atoms with Gasteiger partial charge in [0.2, 0.25) is 5.95 Å². The van der Waals surface area contributed by atoms with Crippen molar-refractivity contribution in [2.45, 2.75) is 6.92 Å². The first-order chi connectivity index (χ1) is 15.1. The molecule has 1 fully saturated rings. The molecule has 0 bridgehead atoms. The highest BCUT2D eigenvalue weighted by Gasteiger charge is 2.27. The Balaban J connectivity index is 1.44. The second kappa shape index (κ2) is 9.07. The number of rotatable bonds is 5. The summed E-state index contributed by atoms with van der Waals surface area (Å²) < 4.78 is 33.4. The Kier molecular flexibility index (Phi) is 6.06. The molecule has 0 radical (unpaired) electrons. The molecule has 160 valence electrons. The molecule has 0 saturated carbocycles. The van der Waals surface area contributed by atoms with Crippen molar-refractivity contribution >= 4 is 11.9 Å². The van der Waals surface area contributed by atoms with Crippen LogP contribution in [0.25, 0.3) is 11.3 Å². The zero-order valence-corrected chi connectivity index (χ0v) is 17.1. The molecule has 1 amide bonds. The standard InChI is InChI=1S/C23H22F2N4O2/c1-2-31-17-8-6-16(7-9-17)20-10-11-26-23(27-20)29-14-12-28(13-15-29)22(30)21-18(24)4-3-5-19(21)25/h3-11H,2,12-15H2,1H3. The summed E-state index contributed by atoms with van der Waals surface area (Å²) in [5.74, 6) is -0.986. The second-order valence-corrected chi connectivity index (χ2v) is 7.08. The predicted molar refractivity (Wildman–Crippen MR) is 113 cm³/mol. The zero-order chi connectivity index (χ0) is 21.8. The maximum absolute atomic E-state index is 13.9. The highest BCUT2D eigenvalue weighted by molar-refractivity contribution is 5.95. The molecule has 2 heterocycles. The van der Waals surface area contributed by atoms with Gasteiger partial charge >= 0.3 is 0 Å². The molecule has 31 heavy (non-hydrogen) atoms. The highest BCUT2D eigenvalue weighted by Crippen LogP contribution is 2.23. The minimum absolute atomic E-state index is 0.323. The van der Waals surface area contributed by atoms with Crippen molar-refractivity contribution in [1.29, 1.82) is 0 Å². The van der Waals surface area contributed by atoms with Crippen molar-refractivity contribution in [3.63, 3.8) is 0 Å². The summed E-state index contributed by atoms with van der Waals surface area (Å²) >= 11 is 0. The lowest BCUT2D eigenvalue weighted by Gasteiger charge is -2.35. The first-order valence-electron chi connectivity index (χ1n) is 10.1. The number of aromatic nitrogens is 2. The van der Waals surface area contributed by atoms with Gasteiger partial charge < -0.3 is 14.5 Å². The van der Waals surface area contributed by atoms with Crippen molar-refractivity contribution in [2.75, 3.05) is 37.7 Å². The van der Waals surface area contributed by atoms with E-state index in [9.17, 15) is 13.6 Å². The second-order valence-electron chi connectivity index (χ2n) is 7.08. The number of piperazine rings is 1. The van der Waals surface area contributed by atoms with Crippen LogP contribution >= 0.6 is 0 Å². The minimum Gasteiger partial charge on any atom is -0.494 e. The van der Waals surface area contributed by atoms with Crippen molar-refractivity contribution in [1.82, 2.24) is 14.9 Å². The fourth-order valence-electron chi connectivity index (χ4n) is 3.52. The molecule has 3 aromatic rings. The minimum atomic E-state index is -0.848. The monoisotopic (exact) mass is 424 g/mol. The van der Waals surface area contributed by atoms with Crippen LogP contribution in [0.1, 0.15) is 17.3 Å². The van der Waals surface area contributed by atoms with Crippen molar-refractivity contribution in [2.24, 2.45) is 0 Å². The number of hydrogen-bond acceptors (Lipinski definition) is 5. The van der Waals surface area contributed by atoms with Gasteiger partial charge in [-0.05, 0) is 49.4 Å². The Morgan fingerprint density at radius 3 is 2.32 bits per heavy atom. The fraction of sp³-hybridized carbons (Fsp3) is 0.261. The lowest BCUT2D eigenvalue weighted by Crippen LogP contribution is -2.49. The highest BCUT2D eigenvalue weighted by atomic mass is 19.1. The van der Waals surface area contributed by atoms with Gasteiger partial charge in [-0.2, -0.15) is 0 Å². The Hall–Kier alpha value is -3.55. The predicted octanol–water partition coefficient (Wildman–Crippen LogP) is 3.78. The van der Waals surface area contributed by atoms with Crippen LogP contribution in [0, 0.1) is 11.6 Å². The summed E-state index contributed by atoms with van der Waals surface area (Å²) in [4.78, 5) is 25.0. The molecule has 1 aromatic heterocycles. The van der Waals surface area contributed by atoms with Crippen LogP contribution in [0.15, 0.2) is 54.7 Å². The summed E-state index contributed by atoms with van der Waals surface area (Å²) in [7, 11) is 0. The number of amides is 1. The Labute approximate surface area is 179 Å². The lowest BCUT2D eigenvalue weighted by atomic mass is 10.1. The summed E-state index contributed by atoms with van der Waals surface area (Å²) in [6.45, 7) is 4.12. The smallest absolute Gasteiger partial charge is 0.259 e. The number of halogens is 2. The van der Waals surface area contributed by atoms with Crippen LogP contribution in [0.4, 0.5) is 14.7 Å². The van der Waals surface area contributed by atoms with Gasteiger partial charge in [0.25, 0.3) is 5.91 Å². The molecule has 1 aliphatic heterocycles. The third-order valence-electron chi connectivity index (χ3n) is 5.13. The fourth-order valence-corrected chi connectivity index (χ4v) is 3.52. The Morgan fingerprint density at radius 2 is 1.68 bits per heavy atom. The molecule has 8 heteroatoms. The molecule has 0 aliphatic carbocycles. The number of carbonyl (C=O) groups excluding carboxylic acids is 1. The van der Waals surface area contributed by atoms with E-state index in [1.54, 1.807) is 6.20 Å². The summed E-state index contributed by atoms with van der Waals surface area (Å²) in [5, 5.41) is 0. The molecule has 1 saturated heterocycles. The molecule has 0 N–H and O–H groups in total. The van der Waals surface area contributed by atoms with Crippen LogP contribution in [0.3, 0.4) is 0 Å². The van der Waals surface area contributed by atoms with Gasteiger partial charge in [-0.25, -0.2) is 18.7 Å². The topological polar surface area (TPSA) is 58.6 Å². The average molecular weight is 424 g/mol. The Bertz CT molecular complexity index is 1050. The molecule has 1 aliphatic rings. The molecule has 2 aromatic carbocycles. The van der Waals surface area contributed by atoms with E-state index in [1.807, 2.05) is 42.2 Å². The molecular weight excluding hydrogens is 402 g/mol. The SMILES string of the molecule is CCOc1ccc(-c2ccnc(N3CCN(C(=O)c4c(F)cccc4F)CC3)n2)cc1. The first kappa shape index (κ1) is 20.7. The summed E-state index contributed by atoms with van der Waals surface area (Å²) in [5.41, 5.74) is 1.21. The van der Waals surface area contributed by atoms with Crippen molar-refractivity contribution < 1.29 is 18.3 Å². The first-order valence-corrected chi connectivity index (χ1v) is 10.1. The van der Waals surface area contributed by atoms with Crippen LogP contribution in [0.2, 0.25) is 0 Å². The van der Waals surface area contributed by atoms with E-state index in [1.165, 1.54) is 11.0 Å². The number of hydrogen-bond donors (Lipinski definition) is 0. The third kappa shape index (κ3) is 4.47. The van der Waals surface area contributed by atoms with E-state index in [2.05, 4.69) is 9.97 Å². The molecule has 6 nitrogen and oxygen atoms in total. The maximum atomic E-state index is 13.9. The lowest BCUT2D eigenvalue weighted by molar-refractivity contribution is 0.0736. The van der Waals surface area contributed by atoms with Crippen LogP contribution in [0.5, 0.6) is 5.75 Å². The van der Waals surface area contributed by atoms with Crippen molar-refractivity contribution in [3.05, 3.63) is 71.9 Å². The summed E-state index contributed by atoms with van der Waals surface area (Å²) in [6, 6.07) is 12.9. The number of carbonyl (C=O) groups is 1. The van der Waals surface area contributed by atoms with Gasteiger partial charge in [0.15, 0.2) is 0 Å². The molecule has 0 atom stereocenters. The summed E-state index contributed by atoms with van der Waals surface area (Å²) in [6.07, 6.45) is 1.69. The van der Waals surface area contributed by atoms with Gasteiger partial charge in [-0.15, -0.1) is 0 Å². The van der Waals surface area contributed by atoms with E-state index in [0.717, 1.165) is 29.1 Å². The molecule has 4 rings (SSSR count). The van der Waals surface area contributed by atoms with E-state index in [4.69, 9.17) is 4.74 Å². The van der Waals surface area contributed by atoms with E-state index >= 15 is 0 Å². The van der Waals surface area contributed by atoms with E-state index in [-0.39, 0.29) is 0 Å². The number of benzene rings is 2. The van der Waals surface area contributed by atoms with Gasteiger partial charge in [-0.1, -0.05) is 6.07 Å². The normalized spacial score (nSPS) is 13.9. The number of anilines is 1. The van der Waals surface area contributed by atoms with E-state index in [0.29, 0.717) is 38.7 Å². The number of ether oxygens (including phenoxy) is 1. The third-order valence-corrected chi connectivity index (χ3v) is 5.13. The van der Waals surface area contributed by atoms with Crippen LogP contribution in [-0.2, 0) is 0 Å². The quantitative estimate of drug-likeness (QED) is 0.624. The number of nitrogens with zero attached hydrogens (tertiary/aromatic N) is 4. The molecule has 0 unspecified atom stereocenters. The van der Waals surface area contributed by atoms with Crippen LogP contribution in [-0.4, -0.2) is 53.6 Å². The average Bonchev–Trinajstić information content (AvgIpc) is 2.80. The largest absolute Gasteiger partial charge is 0.494 e. The van der Waals surface area contributed by atoms with Gasteiger partial charge in [0.1, 0.15) is 22.9 Å². The van der Waals surface area contributed by atoms with Gasteiger partial charge in [0.05, 0.1) is 12.3 Å². The van der Waals surface area contributed by atoms with Gasteiger partial charge in [-0.3, -0.25) is 4.79 Å². The van der Waals surface area contributed by atoms with E-state index < -0.39 is 23.1 Å². The van der Waals surface area contributed by atoms with Crippen molar-refractivity contribution in [3.8, 4) is 17.0 Å². The Morgan fingerprint density at radius 1 is 1.00 bits per heavy atom.